The van der Waals surface area contributed by atoms with Crippen molar-refractivity contribution in [3.8, 4) is 0 Å². The van der Waals surface area contributed by atoms with Crippen LogP contribution in [0.5, 0.6) is 0 Å². The number of morpholine rings is 1. The fourth-order valence-corrected chi connectivity index (χ4v) is 4.97. The summed E-state index contributed by atoms with van der Waals surface area (Å²) in [5.41, 5.74) is 1.99. The lowest BCUT2D eigenvalue weighted by molar-refractivity contribution is -0.140. The Hall–Kier alpha value is -1.66. The molecule has 1 aliphatic heterocycles. The minimum atomic E-state index is -0.264. The van der Waals surface area contributed by atoms with Crippen LogP contribution in [0.15, 0.2) is 42.5 Å². The lowest BCUT2D eigenvalue weighted by Crippen LogP contribution is -2.44. The summed E-state index contributed by atoms with van der Waals surface area (Å²) in [7, 11) is 0. The van der Waals surface area contributed by atoms with Crippen molar-refractivity contribution in [3.63, 3.8) is 0 Å². The molecular formula is C23H25Cl2FN2O2. The highest BCUT2D eigenvalue weighted by molar-refractivity contribution is 6.35. The molecule has 1 saturated heterocycles. The second kappa shape index (κ2) is 9.65. The summed E-state index contributed by atoms with van der Waals surface area (Å²) >= 11 is 12.3. The standard InChI is InChI=1S/C23H25Cl2FN2O2/c24-17-4-1-16(22(25)11-17)14-27-19-12-20(15-2-5-18(26)6-3-15)21(13-19)23(29)28-7-9-30-10-8-28/h1-6,11,19-21,27H,7-10,12-14H2/t19-,20+,21-/m0/s1. The topological polar surface area (TPSA) is 41.6 Å². The number of hydrogen-bond acceptors (Lipinski definition) is 3. The number of hydrogen-bond donors (Lipinski definition) is 1. The van der Waals surface area contributed by atoms with E-state index in [1.165, 1.54) is 12.1 Å². The van der Waals surface area contributed by atoms with Crippen LogP contribution in [0.25, 0.3) is 0 Å². The van der Waals surface area contributed by atoms with E-state index in [2.05, 4.69) is 5.32 Å². The third kappa shape index (κ3) is 4.97. The van der Waals surface area contributed by atoms with E-state index >= 15 is 0 Å². The maximum Gasteiger partial charge on any atom is 0.226 e. The molecular weight excluding hydrogens is 426 g/mol. The molecule has 3 atom stereocenters. The van der Waals surface area contributed by atoms with Crippen LogP contribution < -0.4 is 5.32 Å². The van der Waals surface area contributed by atoms with Crippen LogP contribution in [-0.2, 0) is 16.1 Å². The molecule has 2 fully saturated rings. The quantitative estimate of drug-likeness (QED) is 0.720. The Morgan fingerprint density at radius 1 is 1.10 bits per heavy atom. The van der Waals surface area contributed by atoms with Crippen LogP contribution in [0.3, 0.4) is 0 Å². The Kier molecular flexibility index (Phi) is 6.94. The Balaban J connectivity index is 1.49. The van der Waals surface area contributed by atoms with E-state index in [0.29, 0.717) is 42.9 Å². The van der Waals surface area contributed by atoms with Crippen LogP contribution in [0.2, 0.25) is 10.0 Å². The highest BCUT2D eigenvalue weighted by atomic mass is 35.5. The molecule has 2 aromatic carbocycles. The molecule has 1 amide bonds. The maximum absolute atomic E-state index is 13.4. The molecule has 0 bridgehead atoms. The third-order valence-electron chi connectivity index (χ3n) is 6.10. The molecule has 2 aliphatic rings. The minimum absolute atomic E-state index is 0.0548. The Labute approximate surface area is 186 Å². The summed E-state index contributed by atoms with van der Waals surface area (Å²) < 4.78 is 18.8. The Bertz CT molecular complexity index is 887. The van der Waals surface area contributed by atoms with Crippen molar-refractivity contribution in [2.24, 2.45) is 5.92 Å². The zero-order valence-electron chi connectivity index (χ0n) is 16.6. The van der Waals surface area contributed by atoms with Crippen LogP contribution in [0.1, 0.15) is 29.9 Å². The second-order valence-corrected chi connectivity index (χ2v) is 8.83. The molecule has 1 heterocycles. The van der Waals surface area contributed by atoms with Gasteiger partial charge in [0.25, 0.3) is 0 Å². The number of carbonyl (C=O) groups is 1. The molecule has 7 heteroatoms. The van der Waals surface area contributed by atoms with Crippen LogP contribution >= 0.6 is 23.2 Å². The monoisotopic (exact) mass is 450 g/mol. The van der Waals surface area contributed by atoms with Crippen LogP contribution in [0.4, 0.5) is 4.39 Å². The lowest BCUT2D eigenvalue weighted by atomic mass is 9.88. The second-order valence-electron chi connectivity index (χ2n) is 7.99. The first-order chi connectivity index (χ1) is 14.5. The minimum Gasteiger partial charge on any atom is -0.378 e. The van der Waals surface area contributed by atoms with Gasteiger partial charge in [0.05, 0.1) is 13.2 Å². The maximum atomic E-state index is 13.4. The number of nitrogens with one attached hydrogen (secondary N) is 1. The summed E-state index contributed by atoms with van der Waals surface area (Å²) in [4.78, 5) is 15.2. The summed E-state index contributed by atoms with van der Waals surface area (Å²) in [6, 6.07) is 12.2. The number of benzene rings is 2. The first-order valence-corrected chi connectivity index (χ1v) is 11.1. The molecule has 30 heavy (non-hydrogen) atoms. The van der Waals surface area contributed by atoms with Crippen molar-refractivity contribution in [2.45, 2.75) is 31.3 Å². The van der Waals surface area contributed by atoms with Crippen molar-refractivity contribution in [1.82, 2.24) is 10.2 Å². The normalized spacial score (nSPS) is 24.2. The van der Waals surface area contributed by atoms with E-state index in [4.69, 9.17) is 27.9 Å². The summed E-state index contributed by atoms with van der Waals surface area (Å²) in [6.07, 6.45) is 1.56. The van der Waals surface area contributed by atoms with Gasteiger partial charge in [-0.1, -0.05) is 41.4 Å². The number of carbonyl (C=O) groups excluding carboxylic acids is 1. The highest BCUT2D eigenvalue weighted by Crippen LogP contribution is 2.41. The van der Waals surface area contributed by atoms with E-state index < -0.39 is 0 Å². The molecule has 4 nitrogen and oxygen atoms in total. The van der Waals surface area contributed by atoms with Gasteiger partial charge in [0, 0.05) is 41.6 Å². The van der Waals surface area contributed by atoms with Crippen molar-refractivity contribution in [3.05, 3.63) is 69.5 Å². The number of rotatable bonds is 5. The van der Waals surface area contributed by atoms with Gasteiger partial charge >= 0.3 is 0 Å². The number of nitrogens with zero attached hydrogens (tertiary/aromatic N) is 1. The van der Waals surface area contributed by atoms with E-state index in [0.717, 1.165) is 24.0 Å². The number of ether oxygens (including phenoxy) is 1. The van der Waals surface area contributed by atoms with Gasteiger partial charge in [-0.2, -0.15) is 0 Å². The van der Waals surface area contributed by atoms with E-state index in [1.54, 1.807) is 18.2 Å². The molecule has 0 spiro atoms. The first kappa shape index (κ1) is 21.6. The summed E-state index contributed by atoms with van der Waals surface area (Å²) in [6.45, 7) is 3.02. The molecule has 1 N–H and O–H groups in total. The molecule has 1 saturated carbocycles. The Morgan fingerprint density at radius 2 is 1.83 bits per heavy atom. The van der Waals surface area contributed by atoms with Gasteiger partial charge in [-0.05, 0) is 54.2 Å². The van der Waals surface area contributed by atoms with Crippen molar-refractivity contribution in [1.29, 1.82) is 0 Å². The fraction of sp³-hybridized carbons (Fsp3) is 0.435. The zero-order chi connectivity index (χ0) is 21.1. The van der Waals surface area contributed by atoms with Gasteiger partial charge < -0.3 is 15.0 Å². The first-order valence-electron chi connectivity index (χ1n) is 10.3. The average Bonchev–Trinajstić information content (AvgIpc) is 3.18. The van der Waals surface area contributed by atoms with Crippen molar-refractivity contribution >= 4 is 29.1 Å². The SMILES string of the molecule is O=C([C@H]1C[C@@H](NCc2ccc(Cl)cc2Cl)C[C@@H]1c1ccc(F)cc1)N1CCOCC1. The number of amides is 1. The molecule has 0 unspecified atom stereocenters. The van der Waals surface area contributed by atoms with Gasteiger partial charge in [0.1, 0.15) is 5.82 Å². The molecule has 0 aromatic heterocycles. The largest absolute Gasteiger partial charge is 0.378 e. The van der Waals surface area contributed by atoms with Gasteiger partial charge in [-0.25, -0.2) is 4.39 Å². The fourth-order valence-electron chi connectivity index (χ4n) is 4.49. The molecule has 4 rings (SSSR count). The number of halogens is 3. The van der Waals surface area contributed by atoms with Crippen LogP contribution in [0, 0.1) is 11.7 Å². The van der Waals surface area contributed by atoms with Crippen molar-refractivity contribution in [2.75, 3.05) is 26.3 Å². The Morgan fingerprint density at radius 3 is 2.53 bits per heavy atom. The molecule has 0 radical (unpaired) electrons. The molecule has 2 aromatic rings. The smallest absolute Gasteiger partial charge is 0.226 e. The van der Waals surface area contributed by atoms with Crippen molar-refractivity contribution < 1.29 is 13.9 Å². The van der Waals surface area contributed by atoms with Crippen LogP contribution in [-0.4, -0.2) is 43.2 Å². The van der Waals surface area contributed by atoms with Gasteiger partial charge in [0.2, 0.25) is 5.91 Å². The average molecular weight is 451 g/mol. The predicted molar refractivity (Wildman–Crippen MR) is 116 cm³/mol. The molecule has 1 aliphatic carbocycles. The highest BCUT2D eigenvalue weighted by Gasteiger charge is 2.41. The van der Waals surface area contributed by atoms with E-state index in [9.17, 15) is 9.18 Å². The van der Waals surface area contributed by atoms with Gasteiger partial charge in [0.15, 0.2) is 0 Å². The zero-order valence-corrected chi connectivity index (χ0v) is 18.1. The third-order valence-corrected chi connectivity index (χ3v) is 6.68. The molecule has 160 valence electrons. The van der Waals surface area contributed by atoms with Gasteiger partial charge in [-0.3, -0.25) is 4.79 Å². The lowest BCUT2D eigenvalue weighted by Gasteiger charge is -2.31. The summed E-state index contributed by atoms with van der Waals surface area (Å²) in [5, 5.41) is 4.80. The van der Waals surface area contributed by atoms with E-state index in [1.807, 2.05) is 17.0 Å². The summed E-state index contributed by atoms with van der Waals surface area (Å²) in [5.74, 6) is -0.174. The van der Waals surface area contributed by atoms with E-state index in [-0.39, 0.29) is 29.6 Å². The predicted octanol–water partition coefficient (Wildman–Crippen LogP) is 4.64. The van der Waals surface area contributed by atoms with Gasteiger partial charge in [-0.15, -0.1) is 0 Å².